The molecule has 0 fully saturated rings. The smallest absolute Gasteiger partial charge is 0.326 e. The van der Waals surface area contributed by atoms with Gasteiger partial charge in [-0.25, -0.2) is 4.79 Å². The molecule has 0 spiro atoms. The summed E-state index contributed by atoms with van der Waals surface area (Å²) in [5.41, 5.74) is 1.09. The number of carboxylic acids is 1. The second kappa shape index (κ2) is 8.20. The van der Waals surface area contributed by atoms with Gasteiger partial charge in [-0.2, -0.15) is 5.26 Å². The molecule has 7 heteroatoms. The minimum atomic E-state index is -1.06. The number of nitrogens with zero attached hydrogens (tertiary/aromatic N) is 1. The normalized spacial score (nSPS) is 12.4. The number of carboxylic acid groups (broad SMARTS) is 1. The van der Waals surface area contributed by atoms with Crippen LogP contribution in [0.1, 0.15) is 19.4 Å². The van der Waals surface area contributed by atoms with Crippen molar-refractivity contribution >= 4 is 29.2 Å². The maximum Gasteiger partial charge on any atom is 0.326 e. The Balaban J connectivity index is 2.86. The van der Waals surface area contributed by atoms with Gasteiger partial charge in [0.1, 0.15) is 17.7 Å². The minimum Gasteiger partial charge on any atom is -0.480 e. The van der Waals surface area contributed by atoms with Crippen molar-refractivity contribution in [3.05, 3.63) is 40.6 Å². The van der Waals surface area contributed by atoms with Crippen LogP contribution < -0.4 is 10.6 Å². The zero-order valence-electron chi connectivity index (χ0n) is 13.1. The van der Waals surface area contributed by atoms with E-state index in [1.165, 1.54) is 0 Å². The number of hydrogen-bond acceptors (Lipinski definition) is 4. The summed E-state index contributed by atoms with van der Waals surface area (Å²) in [6.45, 7) is 5.27. The number of amides is 1. The van der Waals surface area contributed by atoms with Crippen molar-refractivity contribution in [1.29, 1.82) is 5.26 Å². The van der Waals surface area contributed by atoms with E-state index in [9.17, 15) is 9.59 Å². The lowest BCUT2D eigenvalue weighted by Crippen LogP contribution is -2.38. The van der Waals surface area contributed by atoms with Gasteiger partial charge in [0, 0.05) is 16.9 Å². The Bertz CT molecular complexity index is 678. The van der Waals surface area contributed by atoms with Crippen LogP contribution in [0, 0.1) is 24.2 Å². The summed E-state index contributed by atoms with van der Waals surface area (Å²) in [5, 5.41) is 23.8. The summed E-state index contributed by atoms with van der Waals surface area (Å²) in [6, 6.07) is 5.83. The van der Waals surface area contributed by atoms with Gasteiger partial charge >= 0.3 is 5.97 Å². The second-order valence-electron chi connectivity index (χ2n) is 5.31. The zero-order valence-corrected chi connectivity index (χ0v) is 13.8. The average molecular weight is 336 g/mol. The van der Waals surface area contributed by atoms with Crippen molar-refractivity contribution in [3.63, 3.8) is 0 Å². The molecule has 0 aromatic heterocycles. The first-order valence-electron chi connectivity index (χ1n) is 6.93. The van der Waals surface area contributed by atoms with E-state index in [0.717, 1.165) is 11.8 Å². The number of aliphatic carboxylic acids is 1. The largest absolute Gasteiger partial charge is 0.480 e. The topological polar surface area (TPSA) is 102 Å². The molecule has 0 radical (unpaired) electrons. The summed E-state index contributed by atoms with van der Waals surface area (Å²) in [7, 11) is 0. The van der Waals surface area contributed by atoms with Gasteiger partial charge < -0.3 is 15.7 Å². The Labute approximate surface area is 139 Å². The monoisotopic (exact) mass is 335 g/mol. The molecule has 122 valence electrons. The molecule has 0 aliphatic carbocycles. The SMILES string of the molecule is Cc1ccc(NC(=O)/C(C#N)=C\NC(C(=O)O)C(C)C)cc1Cl. The van der Waals surface area contributed by atoms with Crippen LogP contribution in [-0.4, -0.2) is 23.0 Å². The quantitative estimate of drug-likeness (QED) is 0.548. The predicted octanol–water partition coefficient (Wildman–Crippen LogP) is 2.69. The van der Waals surface area contributed by atoms with Gasteiger partial charge in [-0.15, -0.1) is 0 Å². The highest BCUT2D eigenvalue weighted by atomic mass is 35.5. The van der Waals surface area contributed by atoms with E-state index in [0.29, 0.717) is 10.7 Å². The van der Waals surface area contributed by atoms with Crippen molar-refractivity contribution in [3.8, 4) is 6.07 Å². The number of benzene rings is 1. The van der Waals surface area contributed by atoms with E-state index in [1.807, 2.05) is 6.92 Å². The first-order valence-corrected chi connectivity index (χ1v) is 7.30. The predicted molar refractivity (Wildman–Crippen MR) is 87.9 cm³/mol. The van der Waals surface area contributed by atoms with Crippen LogP contribution in [0.4, 0.5) is 5.69 Å². The van der Waals surface area contributed by atoms with Crippen molar-refractivity contribution in [2.45, 2.75) is 26.8 Å². The third-order valence-corrected chi connectivity index (χ3v) is 3.54. The van der Waals surface area contributed by atoms with Crippen LogP contribution in [0.15, 0.2) is 30.0 Å². The van der Waals surface area contributed by atoms with Crippen LogP contribution in [0.3, 0.4) is 0 Å². The molecule has 3 N–H and O–H groups in total. The first kappa shape index (κ1) is 18.5. The first-order chi connectivity index (χ1) is 10.8. The third kappa shape index (κ3) is 5.31. The maximum atomic E-state index is 12.1. The Kier molecular flexibility index (Phi) is 6.61. The molecule has 1 aromatic rings. The summed E-state index contributed by atoms with van der Waals surface area (Å²) in [4.78, 5) is 23.1. The summed E-state index contributed by atoms with van der Waals surface area (Å²) >= 11 is 5.97. The van der Waals surface area contributed by atoms with E-state index < -0.39 is 17.9 Å². The van der Waals surface area contributed by atoms with E-state index in [-0.39, 0.29) is 11.5 Å². The Hall–Kier alpha value is -2.52. The van der Waals surface area contributed by atoms with Crippen LogP contribution in [-0.2, 0) is 9.59 Å². The zero-order chi connectivity index (χ0) is 17.6. The maximum absolute atomic E-state index is 12.1. The van der Waals surface area contributed by atoms with Crippen LogP contribution >= 0.6 is 11.6 Å². The highest BCUT2D eigenvalue weighted by Gasteiger charge is 2.20. The second-order valence-corrected chi connectivity index (χ2v) is 5.72. The number of aryl methyl sites for hydroxylation is 1. The number of carbonyl (C=O) groups is 2. The Morgan fingerprint density at radius 1 is 1.39 bits per heavy atom. The summed E-state index contributed by atoms with van der Waals surface area (Å²) in [6.07, 6.45) is 1.11. The van der Waals surface area contributed by atoms with Gasteiger partial charge in [0.2, 0.25) is 0 Å². The molecular weight excluding hydrogens is 318 g/mol. The van der Waals surface area contributed by atoms with Crippen molar-refractivity contribution in [2.24, 2.45) is 5.92 Å². The fraction of sp³-hybridized carbons (Fsp3) is 0.312. The molecule has 0 heterocycles. The summed E-state index contributed by atoms with van der Waals surface area (Å²) in [5.74, 6) is -1.91. The number of halogens is 1. The number of rotatable bonds is 6. The van der Waals surface area contributed by atoms with Crippen LogP contribution in [0.2, 0.25) is 5.02 Å². The van der Waals surface area contributed by atoms with Crippen molar-refractivity contribution < 1.29 is 14.7 Å². The molecule has 1 rings (SSSR count). The van der Waals surface area contributed by atoms with Gasteiger partial charge in [0.05, 0.1) is 0 Å². The molecule has 1 aromatic carbocycles. The molecule has 0 aliphatic rings. The van der Waals surface area contributed by atoms with Gasteiger partial charge in [-0.05, 0) is 30.5 Å². The van der Waals surface area contributed by atoms with Crippen LogP contribution in [0.5, 0.6) is 0 Å². The fourth-order valence-electron chi connectivity index (χ4n) is 1.74. The highest BCUT2D eigenvalue weighted by molar-refractivity contribution is 6.31. The number of nitriles is 1. The van der Waals surface area contributed by atoms with E-state index in [4.69, 9.17) is 22.0 Å². The lowest BCUT2D eigenvalue weighted by atomic mass is 10.1. The van der Waals surface area contributed by atoms with Crippen molar-refractivity contribution in [1.82, 2.24) is 5.32 Å². The highest BCUT2D eigenvalue weighted by Crippen LogP contribution is 2.20. The number of nitrogens with one attached hydrogen (secondary N) is 2. The molecule has 6 nitrogen and oxygen atoms in total. The van der Waals surface area contributed by atoms with E-state index >= 15 is 0 Å². The lowest BCUT2D eigenvalue weighted by Gasteiger charge is -2.16. The fourth-order valence-corrected chi connectivity index (χ4v) is 1.92. The van der Waals surface area contributed by atoms with E-state index in [2.05, 4.69) is 10.6 Å². The minimum absolute atomic E-state index is 0.206. The van der Waals surface area contributed by atoms with Gasteiger partial charge in [0.25, 0.3) is 5.91 Å². The molecule has 1 unspecified atom stereocenters. The molecule has 0 aliphatic heterocycles. The molecule has 0 saturated carbocycles. The van der Waals surface area contributed by atoms with Crippen LogP contribution in [0.25, 0.3) is 0 Å². The Morgan fingerprint density at radius 3 is 2.52 bits per heavy atom. The van der Waals surface area contributed by atoms with Gasteiger partial charge in [-0.1, -0.05) is 31.5 Å². The average Bonchev–Trinajstić information content (AvgIpc) is 2.46. The number of carbonyl (C=O) groups excluding carboxylic acids is 1. The molecular formula is C16H18ClN3O3. The molecule has 23 heavy (non-hydrogen) atoms. The molecule has 0 saturated heterocycles. The standard InChI is InChI=1S/C16H18ClN3O3/c1-9(2)14(16(22)23)19-8-11(7-18)15(21)20-12-5-4-10(3)13(17)6-12/h4-6,8-9,14,19H,1-3H3,(H,20,21)(H,22,23)/b11-8-. The third-order valence-electron chi connectivity index (χ3n) is 3.13. The Morgan fingerprint density at radius 2 is 2.04 bits per heavy atom. The lowest BCUT2D eigenvalue weighted by molar-refractivity contribution is -0.140. The summed E-state index contributed by atoms with van der Waals surface area (Å²) < 4.78 is 0. The molecule has 1 amide bonds. The van der Waals surface area contributed by atoms with E-state index in [1.54, 1.807) is 38.1 Å². The van der Waals surface area contributed by atoms with Gasteiger partial charge in [-0.3, -0.25) is 4.79 Å². The number of anilines is 1. The van der Waals surface area contributed by atoms with Crippen molar-refractivity contribution in [2.75, 3.05) is 5.32 Å². The number of hydrogen-bond donors (Lipinski definition) is 3. The molecule has 0 bridgehead atoms. The van der Waals surface area contributed by atoms with Gasteiger partial charge in [0.15, 0.2) is 0 Å². The molecule has 1 atom stereocenters.